The monoisotopic (exact) mass is 360 g/mol. The fraction of sp³-hybridized carbons (Fsp3) is 0.348. The number of piperidine rings is 1. The number of rotatable bonds is 3. The lowest BCUT2D eigenvalue weighted by atomic mass is 10.0. The van der Waals surface area contributed by atoms with Gasteiger partial charge in [-0.1, -0.05) is 24.3 Å². The Bertz CT molecular complexity index is 961. The molecule has 4 heteroatoms. The second-order valence-electron chi connectivity index (χ2n) is 7.60. The topological polar surface area (TPSA) is 39.3 Å². The second-order valence-corrected chi connectivity index (χ2v) is 7.60. The molecule has 4 nitrogen and oxygen atoms in total. The van der Waals surface area contributed by atoms with Crippen LogP contribution in [0.25, 0.3) is 10.9 Å². The van der Waals surface area contributed by atoms with Crippen LogP contribution in [0.2, 0.25) is 0 Å². The van der Waals surface area contributed by atoms with Crippen molar-refractivity contribution in [2.45, 2.75) is 32.7 Å². The number of para-hydroxylation sites is 1. The maximum Gasteiger partial charge on any atom is 0.293 e. The zero-order valence-electron chi connectivity index (χ0n) is 16.3. The standard InChI is InChI=1S/C23H26N3O/c1-16-8-9-20(14-17(16)2)25(3)19-10-12-26(13-11-19)22-15-18-6-4-5-7-21(18)24-23(22)27/h4-9,14-15,19H,10-13H2,1-3H3. The number of aryl methyl sites for hydroxylation is 2. The lowest BCUT2D eigenvalue weighted by molar-refractivity contribution is 0.337. The maximum atomic E-state index is 12.5. The van der Waals surface area contributed by atoms with Crippen LogP contribution in [0.4, 0.5) is 11.4 Å². The van der Waals surface area contributed by atoms with Gasteiger partial charge in [-0.3, -0.25) is 5.11 Å². The summed E-state index contributed by atoms with van der Waals surface area (Å²) in [6.07, 6.45) is 2.07. The van der Waals surface area contributed by atoms with Gasteiger partial charge in [0.15, 0.2) is 0 Å². The highest BCUT2D eigenvalue weighted by molar-refractivity contribution is 5.84. The molecule has 0 aliphatic carbocycles. The molecule has 0 unspecified atom stereocenters. The summed E-state index contributed by atoms with van der Waals surface area (Å²) in [5, 5.41) is 13.5. The highest BCUT2D eigenvalue weighted by Crippen LogP contribution is 2.33. The van der Waals surface area contributed by atoms with Gasteiger partial charge in [0, 0.05) is 37.3 Å². The molecule has 2 heterocycles. The quantitative estimate of drug-likeness (QED) is 0.652. The predicted molar refractivity (Wildman–Crippen MR) is 111 cm³/mol. The molecule has 1 aliphatic heterocycles. The van der Waals surface area contributed by atoms with E-state index in [1.807, 2.05) is 30.3 Å². The Morgan fingerprint density at radius 3 is 2.48 bits per heavy atom. The molecule has 0 bridgehead atoms. The van der Waals surface area contributed by atoms with Crippen molar-refractivity contribution in [3.05, 3.63) is 59.7 Å². The summed E-state index contributed by atoms with van der Waals surface area (Å²) in [6.45, 7) is 6.08. The number of fused-ring (bicyclic) bond motifs is 1. The van der Waals surface area contributed by atoms with Gasteiger partial charge in [0.25, 0.3) is 5.88 Å². The van der Waals surface area contributed by atoms with Crippen molar-refractivity contribution < 1.29 is 5.11 Å². The molecule has 4 rings (SSSR count). The minimum atomic E-state index is -0.116. The Balaban J connectivity index is 1.48. The number of pyridine rings is 1. The van der Waals surface area contributed by atoms with Crippen LogP contribution >= 0.6 is 0 Å². The van der Waals surface area contributed by atoms with Gasteiger partial charge >= 0.3 is 0 Å². The van der Waals surface area contributed by atoms with Gasteiger partial charge in [-0.25, -0.2) is 4.98 Å². The van der Waals surface area contributed by atoms with Gasteiger partial charge in [0.2, 0.25) is 0 Å². The van der Waals surface area contributed by atoms with E-state index < -0.39 is 0 Å². The third kappa shape index (κ3) is 3.44. The van der Waals surface area contributed by atoms with Gasteiger partial charge in [-0.15, -0.1) is 0 Å². The van der Waals surface area contributed by atoms with Crippen LogP contribution in [0, 0.1) is 13.8 Å². The second kappa shape index (κ2) is 7.10. The van der Waals surface area contributed by atoms with E-state index in [2.05, 4.69) is 53.9 Å². The summed E-state index contributed by atoms with van der Waals surface area (Å²) in [7, 11) is 2.18. The number of hydrogen-bond donors (Lipinski definition) is 0. The predicted octanol–water partition coefficient (Wildman–Crippen LogP) is 5.10. The zero-order chi connectivity index (χ0) is 19.0. The summed E-state index contributed by atoms with van der Waals surface area (Å²) >= 11 is 0. The number of benzene rings is 2. The van der Waals surface area contributed by atoms with E-state index in [0.29, 0.717) is 6.04 Å². The maximum absolute atomic E-state index is 12.5. The van der Waals surface area contributed by atoms with E-state index in [9.17, 15) is 5.11 Å². The normalized spacial score (nSPS) is 15.3. The number of aromatic nitrogens is 1. The lowest BCUT2D eigenvalue weighted by Gasteiger charge is -2.38. The summed E-state index contributed by atoms with van der Waals surface area (Å²) in [5.41, 5.74) is 5.44. The Hall–Kier alpha value is -2.75. The average molecular weight is 360 g/mol. The molecule has 1 fully saturated rings. The Morgan fingerprint density at radius 2 is 1.74 bits per heavy atom. The molecule has 27 heavy (non-hydrogen) atoms. The van der Waals surface area contributed by atoms with E-state index in [4.69, 9.17) is 0 Å². The molecule has 0 amide bonds. The minimum Gasteiger partial charge on any atom is -0.371 e. The van der Waals surface area contributed by atoms with Crippen molar-refractivity contribution in [1.82, 2.24) is 4.98 Å². The number of hydrogen-bond acceptors (Lipinski definition) is 3. The summed E-state index contributed by atoms with van der Waals surface area (Å²) < 4.78 is 0. The molecular formula is C23H26N3O. The van der Waals surface area contributed by atoms with Gasteiger partial charge < -0.3 is 9.80 Å². The lowest BCUT2D eigenvalue weighted by Crippen LogP contribution is -2.43. The van der Waals surface area contributed by atoms with Gasteiger partial charge in [0.1, 0.15) is 5.69 Å². The van der Waals surface area contributed by atoms with Crippen molar-refractivity contribution >= 4 is 22.3 Å². The van der Waals surface area contributed by atoms with Crippen molar-refractivity contribution in [3.8, 4) is 5.88 Å². The fourth-order valence-electron chi connectivity index (χ4n) is 3.96. The Labute approximate surface area is 161 Å². The molecular weight excluding hydrogens is 334 g/mol. The van der Waals surface area contributed by atoms with Crippen molar-refractivity contribution in [2.75, 3.05) is 29.9 Å². The van der Waals surface area contributed by atoms with E-state index in [-0.39, 0.29) is 5.88 Å². The zero-order valence-corrected chi connectivity index (χ0v) is 16.3. The number of anilines is 2. The molecule has 0 spiro atoms. The average Bonchev–Trinajstić information content (AvgIpc) is 2.69. The van der Waals surface area contributed by atoms with Crippen LogP contribution in [0.15, 0.2) is 48.5 Å². The molecule has 0 atom stereocenters. The van der Waals surface area contributed by atoms with Gasteiger partial charge in [-0.05, 0) is 62.1 Å². The third-order valence-electron chi connectivity index (χ3n) is 5.92. The molecule has 0 N–H and O–H groups in total. The smallest absolute Gasteiger partial charge is 0.293 e. The number of nitrogens with zero attached hydrogens (tertiary/aromatic N) is 3. The summed E-state index contributed by atoms with van der Waals surface area (Å²) in [5.74, 6) is -0.116. The van der Waals surface area contributed by atoms with E-state index in [0.717, 1.165) is 42.5 Å². The molecule has 2 aromatic carbocycles. The summed E-state index contributed by atoms with van der Waals surface area (Å²) in [6, 6.07) is 17.0. The van der Waals surface area contributed by atoms with Gasteiger partial charge in [-0.2, -0.15) is 0 Å². The van der Waals surface area contributed by atoms with Crippen molar-refractivity contribution in [3.63, 3.8) is 0 Å². The molecule has 1 saturated heterocycles. The van der Waals surface area contributed by atoms with Crippen molar-refractivity contribution in [2.24, 2.45) is 0 Å². The van der Waals surface area contributed by atoms with E-state index in [1.54, 1.807) is 0 Å². The fourth-order valence-corrected chi connectivity index (χ4v) is 3.96. The molecule has 1 aromatic heterocycles. The van der Waals surface area contributed by atoms with Crippen LogP contribution in [0.1, 0.15) is 24.0 Å². The molecule has 0 saturated carbocycles. The largest absolute Gasteiger partial charge is 0.371 e. The molecule has 1 aliphatic rings. The third-order valence-corrected chi connectivity index (χ3v) is 5.92. The Kier molecular flexibility index (Phi) is 4.65. The van der Waals surface area contributed by atoms with Crippen LogP contribution in [0.3, 0.4) is 0 Å². The first-order valence-corrected chi connectivity index (χ1v) is 9.65. The Morgan fingerprint density at radius 1 is 1.00 bits per heavy atom. The first kappa shape index (κ1) is 17.7. The molecule has 139 valence electrons. The van der Waals surface area contributed by atoms with Crippen LogP contribution in [-0.4, -0.2) is 31.2 Å². The SMILES string of the molecule is Cc1ccc(N(C)C2CCN(c3cc4ccccc4nc3[O])CC2)cc1C. The first-order valence-electron chi connectivity index (χ1n) is 9.65. The minimum absolute atomic E-state index is 0.116. The summed E-state index contributed by atoms with van der Waals surface area (Å²) in [4.78, 5) is 8.85. The van der Waals surface area contributed by atoms with Crippen LogP contribution in [0.5, 0.6) is 5.88 Å². The van der Waals surface area contributed by atoms with Crippen LogP contribution < -0.4 is 9.80 Å². The highest BCUT2D eigenvalue weighted by atomic mass is 16.3. The van der Waals surface area contributed by atoms with E-state index in [1.165, 1.54) is 16.8 Å². The van der Waals surface area contributed by atoms with Crippen molar-refractivity contribution in [1.29, 1.82) is 0 Å². The molecule has 3 aromatic rings. The highest BCUT2D eigenvalue weighted by Gasteiger charge is 2.25. The molecule has 1 radical (unpaired) electrons. The van der Waals surface area contributed by atoms with Crippen LogP contribution in [-0.2, 0) is 5.11 Å². The van der Waals surface area contributed by atoms with Gasteiger partial charge in [0.05, 0.1) is 5.52 Å². The first-order chi connectivity index (χ1) is 13.0. The van der Waals surface area contributed by atoms with E-state index >= 15 is 0 Å².